The van der Waals surface area contributed by atoms with E-state index in [4.69, 9.17) is 24.9 Å². The molecule has 0 aliphatic carbocycles. The largest absolute Gasteiger partial charge is 2.00 e. The SMILES string of the molecule is CC(=O)[O-].CC(=O)[O-].CCCCCCCCC=CCCCCCCCC(=O)O.[Zn+2]. The van der Waals surface area contributed by atoms with Gasteiger partial charge in [-0.3, -0.25) is 4.79 Å². The molecule has 0 unspecified atom stereocenters. The summed E-state index contributed by atoms with van der Waals surface area (Å²) < 4.78 is 0. The first-order valence-corrected chi connectivity index (χ1v) is 10.5. The molecule has 7 heteroatoms. The van der Waals surface area contributed by atoms with Crippen LogP contribution in [-0.4, -0.2) is 23.0 Å². The van der Waals surface area contributed by atoms with Gasteiger partial charge in [-0.2, -0.15) is 0 Å². The summed E-state index contributed by atoms with van der Waals surface area (Å²) in [6, 6.07) is 0. The Morgan fingerprint density at radius 3 is 1.34 bits per heavy atom. The summed E-state index contributed by atoms with van der Waals surface area (Å²) in [7, 11) is 0. The van der Waals surface area contributed by atoms with Gasteiger partial charge in [-0.05, 0) is 46.0 Å². The average Bonchev–Trinajstić information content (AvgIpc) is 2.57. The number of carboxylic acid groups (broad SMARTS) is 3. The maximum atomic E-state index is 10.3. The fourth-order valence-corrected chi connectivity index (χ4v) is 2.35. The van der Waals surface area contributed by atoms with Crippen LogP contribution in [0.2, 0.25) is 0 Å². The van der Waals surface area contributed by atoms with Gasteiger partial charge in [0.1, 0.15) is 0 Å². The summed E-state index contributed by atoms with van der Waals surface area (Å²) in [5.41, 5.74) is 0. The van der Waals surface area contributed by atoms with Crippen molar-refractivity contribution < 1.29 is 49.2 Å². The first-order valence-electron chi connectivity index (χ1n) is 10.5. The summed E-state index contributed by atoms with van der Waals surface area (Å²) in [4.78, 5) is 28.1. The van der Waals surface area contributed by atoms with Crippen molar-refractivity contribution in [3.63, 3.8) is 0 Å². The molecule has 6 nitrogen and oxygen atoms in total. The van der Waals surface area contributed by atoms with Gasteiger partial charge in [0.05, 0.1) is 0 Å². The molecule has 0 amide bonds. The number of carboxylic acids is 3. The van der Waals surface area contributed by atoms with Crippen molar-refractivity contribution in [3.05, 3.63) is 12.2 Å². The number of carbonyl (C=O) groups is 3. The Balaban J connectivity index is -0.000000294. The summed E-state index contributed by atoms with van der Waals surface area (Å²) in [6.07, 6.45) is 21.2. The average molecular weight is 466 g/mol. The van der Waals surface area contributed by atoms with E-state index in [2.05, 4.69) is 19.1 Å². The van der Waals surface area contributed by atoms with E-state index in [0.717, 1.165) is 26.7 Å². The van der Waals surface area contributed by atoms with Crippen molar-refractivity contribution in [2.75, 3.05) is 0 Å². The molecular formula is C22H40O6Zn. The van der Waals surface area contributed by atoms with Gasteiger partial charge in [0, 0.05) is 18.4 Å². The standard InChI is InChI=1S/C18H34O2.2C2H4O2.Zn/c1-2-3-4-5-6-7-8-9-10-11-12-13-14-15-16-17-18(19)20;2*1-2(3)4;/h9-10H,2-8,11-17H2,1H3,(H,19,20);2*1H3,(H,3,4);/q;;;+2/p-2. The zero-order chi connectivity index (χ0) is 22.0. The predicted molar refractivity (Wildman–Crippen MR) is 108 cm³/mol. The normalized spacial score (nSPS) is 9.48. The van der Waals surface area contributed by atoms with Crippen molar-refractivity contribution in [2.45, 2.75) is 111 Å². The molecule has 0 aliphatic heterocycles. The number of hydrogen-bond acceptors (Lipinski definition) is 5. The van der Waals surface area contributed by atoms with Crippen LogP contribution < -0.4 is 10.2 Å². The van der Waals surface area contributed by atoms with E-state index in [1.165, 1.54) is 70.6 Å². The predicted octanol–water partition coefficient (Wildman–Crippen LogP) is 3.62. The van der Waals surface area contributed by atoms with Gasteiger partial charge < -0.3 is 24.9 Å². The molecule has 0 saturated carbocycles. The van der Waals surface area contributed by atoms with E-state index >= 15 is 0 Å². The monoisotopic (exact) mass is 464 g/mol. The number of rotatable bonds is 15. The summed E-state index contributed by atoms with van der Waals surface area (Å²) >= 11 is 0. The second kappa shape index (κ2) is 31.5. The zero-order valence-electron chi connectivity index (χ0n) is 18.7. The van der Waals surface area contributed by atoms with E-state index in [9.17, 15) is 4.79 Å². The smallest absolute Gasteiger partial charge is 0.550 e. The Kier molecular flexibility index (Phi) is 38.2. The number of aliphatic carboxylic acids is 3. The van der Waals surface area contributed by atoms with Crippen molar-refractivity contribution in [1.82, 2.24) is 0 Å². The van der Waals surface area contributed by atoms with Crippen LogP contribution in [-0.2, 0) is 33.9 Å². The van der Waals surface area contributed by atoms with Crippen LogP contribution >= 0.6 is 0 Å². The van der Waals surface area contributed by atoms with Crippen LogP contribution in [0.4, 0.5) is 0 Å². The van der Waals surface area contributed by atoms with Gasteiger partial charge in [0.2, 0.25) is 0 Å². The van der Waals surface area contributed by atoms with Gasteiger partial charge in [-0.15, -0.1) is 0 Å². The molecule has 0 radical (unpaired) electrons. The number of allylic oxidation sites excluding steroid dienone is 2. The zero-order valence-corrected chi connectivity index (χ0v) is 21.7. The molecule has 0 heterocycles. The quantitative estimate of drug-likeness (QED) is 0.224. The fraction of sp³-hybridized carbons (Fsp3) is 0.773. The van der Waals surface area contributed by atoms with Gasteiger partial charge in [-0.25, -0.2) is 0 Å². The third-order valence-electron chi connectivity index (χ3n) is 3.65. The maximum absolute atomic E-state index is 10.3. The molecule has 0 saturated heterocycles. The summed E-state index contributed by atoms with van der Waals surface area (Å²) in [5.74, 6) is -2.83. The van der Waals surface area contributed by atoms with Gasteiger partial charge in [0.25, 0.3) is 0 Å². The molecule has 166 valence electrons. The second-order valence-electron chi connectivity index (χ2n) is 6.71. The van der Waals surface area contributed by atoms with Crippen molar-refractivity contribution in [3.8, 4) is 0 Å². The molecule has 0 rings (SSSR count). The molecule has 0 aromatic heterocycles. The molecule has 0 fully saturated rings. The Morgan fingerprint density at radius 2 is 1.00 bits per heavy atom. The Bertz CT molecular complexity index is 377. The number of unbranched alkanes of at least 4 members (excludes halogenated alkanes) is 11. The van der Waals surface area contributed by atoms with E-state index < -0.39 is 17.9 Å². The number of hydrogen-bond donors (Lipinski definition) is 1. The molecule has 0 aliphatic rings. The molecule has 1 N–H and O–H groups in total. The van der Waals surface area contributed by atoms with Crippen molar-refractivity contribution >= 4 is 17.9 Å². The van der Waals surface area contributed by atoms with E-state index in [0.29, 0.717) is 6.42 Å². The van der Waals surface area contributed by atoms with Gasteiger partial charge >= 0.3 is 25.4 Å². The minimum atomic E-state index is -1.08. The summed E-state index contributed by atoms with van der Waals surface area (Å²) in [5, 5.41) is 26.3. The molecule has 0 aromatic rings. The van der Waals surface area contributed by atoms with Crippen LogP contribution in [0.5, 0.6) is 0 Å². The third-order valence-corrected chi connectivity index (χ3v) is 3.65. The second-order valence-corrected chi connectivity index (χ2v) is 6.71. The van der Waals surface area contributed by atoms with Crippen LogP contribution in [0.1, 0.15) is 111 Å². The Hall–Kier alpha value is -1.23. The van der Waals surface area contributed by atoms with Gasteiger partial charge in [0.15, 0.2) is 0 Å². The molecule has 29 heavy (non-hydrogen) atoms. The first kappa shape index (κ1) is 35.2. The van der Waals surface area contributed by atoms with Crippen LogP contribution in [0.25, 0.3) is 0 Å². The molecule has 0 bridgehead atoms. The molecule has 0 spiro atoms. The molecule has 0 atom stereocenters. The van der Waals surface area contributed by atoms with Crippen LogP contribution in [0, 0.1) is 0 Å². The van der Waals surface area contributed by atoms with Crippen molar-refractivity contribution in [1.29, 1.82) is 0 Å². The van der Waals surface area contributed by atoms with Crippen LogP contribution in [0.3, 0.4) is 0 Å². The Morgan fingerprint density at radius 1 is 0.690 bits per heavy atom. The topological polar surface area (TPSA) is 118 Å². The van der Waals surface area contributed by atoms with Crippen LogP contribution in [0.15, 0.2) is 12.2 Å². The van der Waals surface area contributed by atoms with Crippen molar-refractivity contribution in [2.24, 2.45) is 0 Å². The number of carbonyl (C=O) groups excluding carboxylic acids is 2. The third kappa shape index (κ3) is 66.0. The Labute approximate surface area is 189 Å². The maximum Gasteiger partial charge on any atom is 2.00 e. The summed E-state index contributed by atoms with van der Waals surface area (Å²) in [6.45, 7) is 4.20. The minimum Gasteiger partial charge on any atom is -0.550 e. The first-order chi connectivity index (χ1) is 13.2. The fourth-order valence-electron chi connectivity index (χ4n) is 2.35. The van der Waals surface area contributed by atoms with E-state index in [-0.39, 0.29) is 19.5 Å². The molecule has 0 aromatic carbocycles. The van der Waals surface area contributed by atoms with E-state index in [1.54, 1.807) is 0 Å². The van der Waals surface area contributed by atoms with Gasteiger partial charge in [-0.1, -0.05) is 70.4 Å². The molecular weight excluding hydrogens is 426 g/mol. The van der Waals surface area contributed by atoms with E-state index in [1.807, 2.05) is 0 Å². The minimum absolute atomic E-state index is 0.